The van der Waals surface area contributed by atoms with E-state index in [9.17, 15) is 13.5 Å². The molecule has 0 aliphatic heterocycles. The van der Waals surface area contributed by atoms with E-state index in [4.69, 9.17) is 4.74 Å². The summed E-state index contributed by atoms with van der Waals surface area (Å²) >= 11 is 0. The summed E-state index contributed by atoms with van der Waals surface area (Å²) in [5.41, 5.74) is 2.69. The lowest BCUT2D eigenvalue weighted by Gasteiger charge is -2.29. The SMILES string of the molecule is COc1ccccc1N(C[C@@H](O)C[NH+](Cc1ccccc1)Cc1ccccc1)S(=O)(=O)c1ccccc1. The van der Waals surface area contributed by atoms with E-state index < -0.39 is 16.1 Å². The number of hydrogen-bond acceptors (Lipinski definition) is 4. The highest BCUT2D eigenvalue weighted by atomic mass is 32.2. The van der Waals surface area contributed by atoms with Crippen LogP contribution in [0.1, 0.15) is 11.1 Å². The number of hydrogen-bond donors (Lipinski definition) is 2. The lowest BCUT2D eigenvalue weighted by Crippen LogP contribution is -3.10. The van der Waals surface area contributed by atoms with Gasteiger partial charge in [-0.15, -0.1) is 0 Å². The van der Waals surface area contributed by atoms with Crippen LogP contribution in [-0.4, -0.2) is 39.8 Å². The summed E-state index contributed by atoms with van der Waals surface area (Å²) in [4.78, 5) is 1.29. The zero-order valence-electron chi connectivity index (χ0n) is 20.9. The van der Waals surface area contributed by atoms with Crippen LogP contribution in [0.4, 0.5) is 5.69 Å². The number of aliphatic hydroxyl groups excluding tert-OH is 1. The molecule has 0 unspecified atom stereocenters. The Kier molecular flexibility index (Phi) is 8.95. The lowest BCUT2D eigenvalue weighted by molar-refractivity contribution is -0.930. The minimum atomic E-state index is -3.95. The Labute approximate surface area is 219 Å². The summed E-state index contributed by atoms with van der Waals surface area (Å²) in [7, 11) is -2.44. The lowest BCUT2D eigenvalue weighted by atomic mass is 10.1. The van der Waals surface area contributed by atoms with Crippen molar-refractivity contribution in [2.24, 2.45) is 0 Å². The van der Waals surface area contributed by atoms with Crippen molar-refractivity contribution >= 4 is 15.7 Å². The number of para-hydroxylation sites is 2. The van der Waals surface area contributed by atoms with Crippen molar-refractivity contribution in [3.63, 3.8) is 0 Å². The van der Waals surface area contributed by atoms with Crippen LogP contribution in [0.15, 0.2) is 120 Å². The predicted molar refractivity (Wildman–Crippen MR) is 146 cm³/mol. The fourth-order valence-electron chi connectivity index (χ4n) is 4.45. The number of benzene rings is 4. The first-order valence-corrected chi connectivity index (χ1v) is 13.7. The van der Waals surface area contributed by atoms with Gasteiger partial charge in [0.15, 0.2) is 0 Å². The molecule has 0 spiro atoms. The quantitative estimate of drug-likeness (QED) is 0.302. The van der Waals surface area contributed by atoms with Crippen LogP contribution in [0.3, 0.4) is 0 Å². The van der Waals surface area contributed by atoms with Gasteiger partial charge in [-0.3, -0.25) is 4.31 Å². The predicted octanol–water partition coefficient (Wildman–Crippen LogP) is 3.54. The molecule has 192 valence electrons. The number of methoxy groups -OCH3 is 1. The highest BCUT2D eigenvalue weighted by Gasteiger charge is 2.30. The summed E-state index contributed by atoms with van der Waals surface area (Å²) in [5.74, 6) is 0.423. The van der Waals surface area contributed by atoms with E-state index in [-0.39, 0.29) is 11.4 Å². The molecule has 0 saturated heterocycles. The van der Waals surface area contributed by atoms with Gasteiger partial charge < -0.3 is 14.7 Å². The van der Waals surface area contributed by atoms with Crippen molar-refractivity contribution in [2.75, 3.05) is 24.5 Å². The molecule has 0 heterocycles. The van der Waals surface area contributed by atoms with E-state index in [1.54, 1.807) is 54.6 Å². The number of aliphatic hydroxyl groups is 1. The molecular weight excluding hydrogens is 484 g/mol. The molecule has 2 N–H and O–H groups in total. The third-order valence-corrected chi connectivity index (χ3v) is 7.97. The number of ether oxygens (including phenoxy) is 1. The Balaban J connectivity index is 1.62. The van der Waals surface area contributed by atoms with Crippen molar-refractivity contribution < 1.29 is 23.2 Å². The minimum Gasteiger partial charge on any atom is -0.495 e. The molecule has 0 bridgehead atoms. The van der Waals surface area contributed by atoms with Gasteiger partial charge in [0, 0.05) is 11.1 Å². The van der Waals surface area contributed by atoms with Crippen LogP contribution in [-0.2, 0) is 23.1 Å². The van der Waals surface area contributed by atoms with Crippen molar-refractivity contribution in [1.82, 2.24) is 0 Å². The van der Waals surface area contributed by atoms with Gasteiger partial charge in [-0.1, -0.05) is 91.0 Å². The normalized spacial score (nSPS) is 12.3. The van der Waals surface area contributed by atoms with Crippen LogP contribution < -0.4 is 13.9 Å². The molecule has 0 saturated carbocycles. The monoisotopic (exact) mass is 517 g/mol. The average Bonchev–Trinajstić information content (AvgIpc) is 2.93. The Bertz CT molecular complexity index is 1310. The molecule has 0 aliphatic rings. The smallest absolute Gasteiger partial charge is 0.264 e. The molecule has 6 nitrogen and oxygen atoms in total. The molecule has 7 heteroatoms. The molecule has 0 fully saturated rings. The van der Waals surface area contributed by atoms with Gasteiger partial charge in [-0.2, -0.15) is 0 Å². The summed E-state index contributed by atoms with van der Waals surface area (Å²) in [6.45, 7) is 1.66. The zero-order valence-corrected chi connectivity index (χ0v) is 21.7. The Hall–Kier alpha value is -3.65. The molecular formula is C30H33N2O4S+. The van der Waals surface area contributed by atoms with Crippen LogP contribution >= 0.6 is 0 Å². The number of quaternary nitrogens is 1. The fourth-order valence-corrected chi connectivity index (χ4v) is 5.98. The van der Waals surface area contributed by atoms with Crippen LogP contribution in [0, 0.1) is 0 Å². The van der Waals surface area contributed by atoms with Gasteiger partial charge in [-0.05, 0) is 24.3 Å². The van der Waals surface area contributed by atoms with Crippen molar-refractivity contribution in [2.45, 2.75) is 24.1 Å². The van der Waals surface area contributed by atoms with E-state index in [2.05, 4.69) is 24.3 Å². The van der Waals surface area contributed by atoms with Gasteiger partial charge in [-0.25, -0.2) is 8.42 Å². The number of nitrogens with one attached hydrogen (secondary N) is 1. The maximum absolute atomic E-state index is 13.8. The van der Waals surface area contributed by atoms with Crippen LogP contribution in [0.5, 0.6) is 5.75 Å². The first kappa shape index (κ1) is 26.4. The van der Waals surface area contributed by atoms with Gasteiger partial charge in [0.05, 0.1) is 24.2 Å². The third-order valence-electron chi connectivity index (χ3n) is 6.18. The maximum Gasteiger partial charge on any atom is 0.264 e. The molecule has 0 aliphatic carbocycles. The topological polar surface area (TPSA) is 71.3 Å². The van der Waals surface area contributed by atoms with Gasteiger partial charge in [0.25, 0.3) is 10.0 Å². The van der Waals surface area contributed by atoms with Gasteiger partial charge in [0.2, 0.25) is 0 Å². The fraction of sp³-hybridized carbons (Fsp3) is 0.200. The number of nitrogens with zero attached hydrogens (tertiary/aromatic N) is 1. The minimum absolute atomic E-state index is 0.106. The van der Waals surface area contributed by atoms with Crippen LogP contribution in [0.2, 0.25) is 0 Å². The van der Waals surface area contributed by atoms with Gasteiger partial charge >= 0.3 is 0 Å². The molecule has 4 aromatic rings. The molecule has 1 atom stereocenters. The number of rotatable bonds is 12. The average molecular weight is 518 g/mol. The second-order valence-corrected chi connectivity index (χ2v) is 10.8. The summed E-state index contributed by atoms with van der Waals surface area (Å²) in [5, 5.41) is 11.3. The molecule has 4 aromatic carbocycles. The maximum atomic E-state index is 13.8. The standard InChI is InChI=1S/C30H32N2O4S/c1-36-30-20-12-11-19-29(30)32(37(34,35)28-17-9-4-10-18-28)24-27(33)23-31(21-25-13-5-2-6-14-25)22-26-15-7-3-8-16-26/h2-20,27,33H,21-24H2,1H3/p+1/t27-/m0/s1. The van der Waals surface area contributed by atoms with Crippen molar-refractivity contribution in [3.8, 4) is 5.75 Å². The van der Waals surface area contributed by atoms with E-state index in [1.807, 2.05) is 36.4 Å². The molecule has 37 heavy (non-hydrogen) atoms. The number of sulfonamides is 1. The van der Waals surface area contributed by atoms with Crippen LogP contribution in [0.25, 0.3) is 0 Å². The Morgan fingerprint density at radius 3 is 1.78 bits per heavy atom. The molecule has 0 aromatic heterocycles. The number of anilines is 1. The second-order valence-electron chi connectivity index (χ2n) is 8.95. The molecule has 0 radical (unpaired) electrons. The largest absolute Gasteiger partial charge is 0.495 e. The first-order valence-electron chi connectivity index (χ1n) is 12.3. The second kappa shape index (κ2) is 12.5. The highest BCUT2D eigenvalue weighted by Crippen LogP contribution is 2.32. The third kappa shape index (κ3) is 6.98. The van der Waals surface area contributed by atoms with E-state index in [1.165, 1.54) is 11.4 Å². The first-order chi connectivity index (χ1) is 18.0. The van der Waals surface area contributed by atoms with Crippen molar-refractivity contribution in [1.29, 1.82) is 0 Å². The van der Waals surface area contributed by atoms with E-state index in [0.717, 1.165) is 16.0 Å². The zero-order chi connectivity index (χ0) is 26.1. The van der Waals surface area contributed by atoms with E-state index >= 15 is 0 Å². The summed E-state index contributed by atoms with van der Waals surface area (Å²) in [6, 6.07) is 35.5. The Morgan fingerprint density at radius 1 is 0.757 bits per heavy atom. The Morgan fingerprint density at radius 2 is 1.24 bits per heavy atom. The summed E-state index contributed by atoms with van der Waals surface area (Å²) < 4.78 is 34.3. The van der Waals surface area contributed by atoms with Gasteiger partial charge in [0.1, 0.15) is 31.5 Å². The summed E-state index contributed by atoms with van der Waals surface area (Å²) in [6.07, 6.45) is -0.925. The van der Waals surface area contributed by atoms with E-state index in [0.29, 0.717) is 31.1 Å². The highest BCUT2D eigenvalue weighted by molar-refractivity contribution is 7.92. The molecule has 0 amide bonds. The van der Waals surface area contributed by atoms with Crippen molar-refractivity contribution in [3.05, 3.63) is 126 Å². The molecule has 4 rings (SSSR count).